The fraction of sp³-hybridized carbons (Fsp3) is 0.421. The van der Waals surface area contributed by atoms with Crippen molar-refractivity contribution in [1.82, 2.24) is 20.0 Å². The number of hydrogen-bond acceptors (Lipinski definition) is 3. The van der Waals surface area contributed by atoms with Crippen LogP contribution in [0.4, 0.5) is 0 Å². The molecule has 0 aliphatic heterocycles. The Balaban J connectivity index is 2.07. The van der Waals surface area contributed by atoms with Crippen molar-refractivity contribution in [3.05, 3.63) is 47.9 Å². The number of benzene rings is 1. The van der Waals surface area contributed by atoms with Crippen LogP contribution in [0.25, 0.3) is 16.6 Å². The molecule has 0 amide bonds. The predicted octanol–water partition coefficient (Wildman–Crippen LogP) is 4.41. The Morgan fingerprint density at radius 3 is 2.26 bits per heavy atom. The van der Waals surface area contributed by atoms with Crippen LogP contribution in [0.2, 0.25) is 0 Å². The minimum Gasteiger partial charge on any atom is -0.254 e. The highest BCUT2D eigenvalue weighted by Crippen LogP contribution is 2.26. The zero-order valence-corrected chi connectivity index (χ0v) is 14.8. The van der Waals surface area contributed by atoms with E-state index in [1.807, 2.05) is 12.4 Å². The maximum absolute atomic E-state index is 4.56. The number of rotatable bonds is 1. The Morgan fingerprint density at radius 1 is 0.913 bits per heavy atom. The second kappa shape index (κ2) is 5.15. The third-order valence-electron chi connectivity index (χ3n) is 4.06. The van der Waals surface area contributed by atoms with Gasteiger partial charge in [0.25, 0.3) is 0 Å². The molecule has 4 heteroatoms. The van der Waals surface area contributed by atoms with Crippen LogP contribution >= 0.6 is 0 Å². The fourth-order valence-corrected chi connectivity index (χ4v) is 2.45. The molecular weight excluding hydrogens is 284 g/mol. The molecule has 0 atom stereocenters. The minimum absolute atomic E-state index is 0.0120. The van der Waals surface area contributed by atoms with Gasteiger partial charge in [-0.05, 0) is 29.2 Å². The van der Waals surface area contributed by atoms with Gasteiger partial charge in [0.05, 0.1) is 29.3 Å². The lowest BCUT2D eigenvalue weighted by Crippen LogP contribution is -2.11. The highest BCUT2D eigenvalue weighted by atomic mass is 15.4. The first kappa shape index (κ1) is 15.7. The maximum atomic E-state index is 4.56. The van der Waals surface area contributed by atoms with Crippen molar-refractivity contribution >= 4 is 10.9 Å². The van der Waals surface area contributed by atoms with Gasteiger partial charge in [-0.15, -0.1) is 5.10 Å². The third-order valence-corrected chi connectivity index (χ3v) is 4.06. The Labute approximate surface area is 137 Å². The van der Waals surface area contributed by atoms with Gasteiger partial charge in [0.2, 0.25) is 0 Å². The van der Waals surface area contributed by atoms with Crippen molar-refractivity contribution in [2.24, 2.45) is 0 Å². The summed E-state index contributed by atoms with van der Waals surface area (Å²) in [4.78, 5) is 4.56. The lowest BCUT2D eigenvalue weighted by atomic mass is 9.86. The van der Waals surface area contributed by atoms with Gasteiger partial charge in [-0.1, -0.05) is 52.8 Å². The molecule has 0 fully saturated rings. The monoisotopic (exact) mass is 308 g/mol. The van der Waals surface area contributed by atoms with Crippen molar-refractivity contribution in [2.75, 3.05) is 0 Å². The lowest BCUT2D eigenvalue weighted by Gasteiger charge is -2.19. The molecule has 0 aliphatic carbocycles. The molecule has 2 heterocycles. The standard InChI is InChI=1S/C19H24N4/c1-18(2,3)14-7-8-16-13(9-14)10-15(11-20-16)23-12-17(21-22-23)19(4,5)6/h7-12H,1-6H3. The summed E-state index contributed by atoms with van der Waals surface area (Å²) in [6.45, 7) is 13.1. The highest BCUT2D eigenvalue weighted by molar-refractivity contribution is 5.81. The van der Waals surface area contributed by atoms with Gasteiger partial charge < -0.3 is 0 Å². The first-order valence-corrected chi connectivity index (χ1v) is 7.98. The molecule has 0 saturated heterocycles. The normalized spacial score (nSPS) is 12.8. The summed E-state index contributed by atoms with van der Waals surface area (Å²) < 4.78 is 1.80. The molecule has 120 valence electrons. The number of fused-ring (bicyclic) bond motifs is 1. The second-order valence-electron chi connectivity index (χ2n) is 8.15. The van der Waals surface area contributed by atoms with E-state index in [2.05, 4.69) is 81.1 Å². The summed E-state index contributed by atoms with van der Waals surface area (Å²) >= 11 is 0. The predicted molar refractivity (Wildman–Crippen MR) is 94.1 cm³/mol. The zero-order valence-electron chi connectivity index (χ0n) is 14.8. The number of nitrogens with zero attached hydrogens (tertiary/aromatic N) is 4. The molecule has 3 aromatic rings. The second-order valence-corrected chi connectivity index (χ2v) is 8.15. The van der Waals surface area contributed by atoms with Crippen LogP contribution in [0, 0.1) is 0 Å². The van der Waals surface area contributed by atoms with E-state index in [1.165, 1.54) is 5.56 Å². The molecule has 0 N–H and O–H groups in total. The van der Waals surface area contributed by atoms with E-state index in [1.54, 1.807) is 4.68 Å². The quantitative estimate of drug-likeness (QED) is 0.669. The smallest absolute Gasteiger partial charge is 0.0885 e. The van der Waals surface area contributed by atoms with Crippen LogP contribution in [0.5, 0.6) is 0 Å². The van der Waals surface area contributed by atoms with Gasteiger partial charge in [0.15, 0.2) is 0 Å². The molecule has 23 heavy (non-hydrogen) atoms. The van der Waals surface area contributed by atoms with E-state index in [4.69, 9.17) is 0 Å². The fourth-order valence-electron chi connectivity index (χ4n) is 2.45. The van der Waals surface area contributed by atoms with Gasteiger partial charge in [0, 0.05) is 10.8 Å². The molecule has 0 radical (unpaired) electrons. The number of hydrogen-bond donors (Lipinski definition) is 0. The average molecular weight is 308 g/mol. The summed E-state index contributed by atoms with van der Waals surface area (Å²) in [7, 11) is 0. The van der Waals surface area contributed by atoms with E-state index in [9.17, 15) is 0 Å². The summed E-state index contributed by atoms with van der Waals surface area (Å²) in [6.07, 6.45) is 3.83. The van der Waals surface area contributed by atoms with Gasteiger partial charge in [-0.2, -0.15) is 0 Å². The first-order valence-electron chi connectivity index (χ1n) is 7.98. The molecule has 0 bridgehead atoms. The van der Waals surface area contributed by atoms with Crippen molar-refractivity contribution in [3.63, 3.8) is 0 Å². The number of pyridine rings is 1. The Morgan fingerprint density at radius 2 is 1.65 bits per heavy atom. The average Bonchev–Trinajstić information content (AvgIpc) is 2.95. The zero-order chi connectivity index (χ0) is 16.8. The van der Waals surface area contributed by atoms with Crippen molar-refractivity contribution in [3.8, 4) is 5.69 Å². The van der Waals surface area contributed by atoms with E-state index >= 15 is 0 Å². The molecule has 0 unspecified atom stereocenters. The van der Waals surface area contributed by atoms with Crippen molar-refractivity contribution in [1.29, 1.82) is 0 Å². The maximum Gasteiger partial charge on any atom is 0.0885 e. The topological polar surface area (TPSA) is 43.6 Å². The Bertz CT molecular complexity index is 848. The minimum atomic E-state index is -0.0120. The van der Waals surface area contributed by atoms with Crippen LogP contribution in [-0.2, 0) is 10.8 Å². The van der Waals surface area contributed by atoms with Crippen LogP contribution in [0.3, 0.4) is 0 Å². The van der Waals surface area contributed by atoms with Gasteiger partial charge >= 0.3 is 0 Å². The molecule has 2 aromatic heterocycles. The summed E-state index contributed by atoms with van der Waals surface area (Å²) in [5.74, 6) is 0. The van der Waals surface area contributed by atoms with Gasteiger partial charge in [-0.3, -0.25) is 4.98 Å². The molecule has 1 aromatic carbocycles. The lowest BCUT2D eigenvalue weighted by molar-refractivity contribution is 0.566. The first-order chi connectivity index (χ1) is 10.6. The third kappa shape index (κ3) is 3.11. The van der Waals surface area contributed by atoms with Crippen LogP contribution < -0.4 is 0 Å². The van der Waals surface area contributed by atoms with E-state index in [-0.39, 0.29) is 10.8 Å². The highest BCUT2D eigenvalue weighted by Gasteiger charge is 2.18. The number of aromatic nitrogens is 4. The molecule has 4 nitrogen and oxygen atoms in total. The summed E-state index contributed by atoms with van der Waals surface area (Å²) in [6, 6.07) is 8.58. The Hall–Kier alpha value is -2.23. The van der Waals surface area contributed by atoms with Crippen LogP contribution in [-0.4, -0.2) is 20.0 Å². The molecule has 0 aliphatic rings. The van der Waals surface area contributed by atoms with Crippen LogP contribution in [0.1, 0.15) is 52.8 Å². The van der Waals surface area contributed by atoms with Crippen LogP contribution in [0.15, 0.2) is 36.7 Å². The molecular formula is C19H24N4. The van der Waals surface area contributed by atoms with Crippen molar-refractivity contribution < 1.29 is 0 Å². The van der Waals surface area contributed by atoms with Gasteiger partial charge in [-0.25, -0.2) is 4.68 Å². The SMILES string of the molecule is CC(C)(C)c1ccc2ncc(-n3cc(C(C)(C)C)nn3)cc2c1. The largest absolute Gasteiger partial charge is 0.254 e. The van der Waals surface area contributed by atoms with Gasteiger partial charge in [0.1, 0.15) is 0 Å². The summed E-state index contributed by atoms with van der Waals surface area (Å²) in [5, 5.41) is 9.67. The van der Waals surface area contributed by atoms with E-state index in [0.29, 0.717) is 0 Å². The van der Waals surface area contributed by atoms with E-state index in [0.717, 1.165) is 22.3 Å². The summed E-state index contributed by atoms with van der Waals surface area (Å²) in [5.41, 5.74) is 4.32. The Kier molecular flexibility index (Phi) is 3.51. The van der Waals surface area contributed by atoms with E-state index < -0.39 is 0 Å². The van der Waals surface area contributed by atoms with Crippen molar-refractivity contribution in [2.45, 2.75) is 52.4 Å². The molecule has 3 rings (SSSR count). The molecule has 0 saturated carbocycles. The molecule has 0 spiro atoms.